The third kappa shape index (κ3) is 5.86. The topological polar surface area (TPSA) is 99.3 Å². The number of alkyl halides is 3. The lowest BCUT2D eigenvalue weighted by Crippen LogP contribution is -2.19. The fourth-order valence-electron chi connectivity index (χ4n) is 2.45. The average Bonchev–Trinajstić information content (AvgIpc) is 3.12. The average molecular weight is 475 g/mol. The van der Waals surface area contributed by atoms with Crippen molar-refractivity contribution in [1.82, 2.24) is 9.78 Å². The lowest BCUT2D eigenvalue weighted by molar-refractivity contribution is -0.384. The van der Waals surface area contributed by atoms with Crippen LogP contribution in [0.25, 0.3) is 0 Å². The first-order valence-corrected chi connectivity index (χ1v) is 9.10. The van der Waals surface area contributed by atoms with E-state index < -0.39 is 34.9 Å². The Bertz CT molecular complexity index is 1150. The third-order valence-corrected chi connectivity index (χ3v) is 4.27. The van der Waals surface area contributed by atoms with Crippen molar-refractivity contribution in [2.45, 2.75) is 12.7 Å². The van der Waals surface area contributed by atoms with Crippen LogP contribution in [0, 0.1) is 10.1 Å². The van der Waals surface area contributed by atoms with E-state index in [1.807, 2.05) is 0 Å². The third-order valence-electron chi connectivity index (χ3n) is 3.74. The fourth-order valence-corrected chi connectivity index (χ4v) is 2.90. The van der Waals surface area contributed by atoms with E-state index in [0.29, 0.717) is 5.02 Å². The molecule has 2 aromatic carbocycles. The van der Waals surface area contributed by atoms with E-state index in [-0.39, 0.29) is 22.2 Å². The first kappa shape index (κ1) is 22.4. The Labute approximate surface area is 182 Å². The van der Waals surface area contributed by atoms with E-state index in [9.17, 15) is 28.1 Å². The number of carbonyl (C=O) groups excluding carboxylic acids is 1. The number of nitro groups is 1. The molecule has 0 aliphatic rings. The number of rotatable bonds is 6. The number of amides is 1. The Morgan fingerprint density at radius 2 is 1.94 bits per heavy atom. The van der Waals surface area contributed by atoms with Crippen LogP contribution in [-0.4, -0.2) is 20.6 Å². The molecule has 0 bridgehead atoms. The summed E-state index contributed by atoms with van der Waals surface area (Å²) in [5.41, 5.74) is -1.55. The van der Waals surface area contributed by atoms with Gasteiger partial charge in [0.2, 0.25) is 5.91 Å². The van der Waals surface area contributed by atoms with Crippen LogP contribution in [0.5, 0.6) is 11.5 Å². The highest BCUT2D eigenvalue weighted by molar-refractivity contribution is 6.35. The van der Waals surface area contributed by atoms with Gasteiger partial charge in [0.05, 0.1) is 21.7 Å². The molecule has 0 aliphatic carbocycles. The van der Waals surface area contributed by atoms with Crippen molar-refractivity contribution in [3.63, 3.8) is 0 Å². The number of anilines is 1. The zero-order valence-electron chi connectivity index (χ0n) is 15.2. The number of benzene rings is 2. The van der Waals surface area contributed by atoms with Crippen LogP contribution in [-0.2, 0) is 17.5 Å². The molecule has 3 aromatic rings. The van der Waals surface area contributed by atoms with Gasteiger partial charge in [-0.2, -0.15) is 18.3 Å². The second kappa shape index (κ2) is 8.82. The van der Waals surface area contributed by atoms with E-state index in [1.165, 1.54) is 24.3 Å². The fraction of sp³-hybridized carbons (Fsp3) is 0.111. The molecule has 8 nitrogen and oxygen atoms in total. The number of nitrogens with zero attached hydrogens (tertiary/aromatic N) is 3. The normalized spacial score (nSPS) is 11.3. The molecule has 13 heteroatoms. The molecule has 0 radical (unpaired) electrons. The first-order chi connectivity index (χ1) is 14.5. The molecule has 0 spiro atoms. The van der Waals surface area contributed by atoms with Crippen molar-refractivity contribution in [2.75, 3.05) is 5.32 Å². The van der Waals surface area contributed by atoms with Crippen molar-refractivity contribution in [3.8, 4) is 11.5 Å². The molecule has 1 amide bonds. The van der Waals surface area contributed by atoms with Gasteiger partial charge >= 0.3 is 6.18 Å². The highest BCUT2D eigenvalue weighted by Crippen LogP contribution is 2.34. The van der Waals surface area contributed by atoms with Crippen LogP contribution in [0.4, 0.5) is 24.5 Å². The SMILES string of the molecule is O=C(Cn1ccc(C(F)(F)F)n1)Nc1cc(Oc2ccc(Cl)cc2Cl)cc([N+](=O)[O-])c1. The monoisotopic (exact) mass is 474 g/mol. The second-order valence-corrected chi connectivity index (χ2v) is 6.94. The summed E-state index contributed by atoms with van der Waals surface area (Å²) in [6, 6.07) is 8.57. The number of ether oxygens (including phenoxy) is 1. The number of carbonyl (C=O) groups is 1. The Kier molecular flexibility index (Phi) is 6.37. The largest absolute Gasteiger partial charge is 0.455 e. The predicted molar refractivity (Wildman–Crippen MR) is 105 cm³/mol. The number of halogens is 5. The summed E-state index contributed by atoms with van der Waals surface area (Å²) in [7, 11) is 0. The molecule has 0 aliphatic heterocycles. The number of nitrogens with one attached hydrogen (secondary N) is 1. The van der Waals surface area contributed by atoms with Crippen molar-refractivity contribution in [3.05, 3.63) is 74.5 Å². The van der Waals surface area contributed by atoms with Crippen LogP contribution < -0.4 is 10.1 Å². The lowest BCUT2D eigenvalue weighted by atomic mass is 10.2. The van der Waals surface area contributed by atoms with Gasteiger partial charge in [0, 0.05) is 23.4 Å². The van der Waals surface area contributed by atoms with Gasteiger partial charge in [-0.1, -0.05) is 23.2 Å². The van der Waals surface area contributed by atoms with Gasteiger partial charge in [0.1, 0.15) is 18.0 Å². The quantitative estimate of drug-likeness (QED) is 0.373. The summed E-state index contributed by atoms with van der Waals surface area (Å²) in [4.78, 5) is 22.7. The van der Waals surface area contributed by atoms with Crippen molar-refractivity contribution >= 4 is 40.5 Å². The Morgan fingerprint density at radius 3 is 2.55 bits per heavy atom. The molecule has 0 unspecified atom stereocenters. The molecule has 162 valence electrons. The minimum atomic E-state index is -4.64. The zero-order chi connectivity index (χ0) is 22.8. The smallest absolute Gasteiger partial charge is 0.435 e. The highest BCUT2D eigenvalue weighted by atomic mass is 35.5. The number of hydrogen-bond donors (Lipinski definition) is 1. The molecular formula is C18H11Cl2F3N4O4. The van der Waals surface area contributed by atoms with Gasteiger partial charge in [-0.15, -0.1) is 0 Å². The molecule has 0 fully saturated rings. The number of hydrogen-bond acceptors (Lipinski definition) is 5. The van der Waals surface area contributed by atoms with Gasteiger partial charge in [0.15, 0.2) is 5.69 Å². The van der Waals surface area contributed by atoms with Gasteiger partial charge in [-0.25, -0.2) is 0 Å². The molecule has 1 aromatic heterocycles. The van der Waals surface area contributed by atoms with Crippen LogP contribution in [0.15, 0.2) is 48.7 Å². The van der Waals surface area contributed by atoms with Crippen molar-refractivity contribution < 1.29 is 27.6 Å². The van der Waals surface area contributed by atoms with Crippen LogP contribution in [0.2, 0.25) is 10.0 Å². The minimum absolute atomic E-state index is 0.00725. The lowest BCUT2D eigenvalue weighted by Gasteiger charge is -2.11. The summed E-state index contributed by atoms with van der Waals surface area (Å²) in [6.07, 6.45) is -3.65. The van der Waals surface area contributed by atoms with Crippen molar-refractivity contribution in [1.29, 1.82) is 0 Å². The minimum Gasteiger partial charge on any atom is -0.455 e. The van der Waals surface area contributed by atoms with Gasteiger partial charge < -0.3 is 10.1 Å². The summed E-state index contributed by atoms with van der Waals surface area (Å²) in [5, 5.41) is 17.4. The molecule has 0 saturated carbocycles. The molecule has 31 heavy (non-hydrogen) atoms. The Balaban J connectivity index is 1.79. The number of non-ortho nitro benzene ring substituents is 1. The maximum Gasteiger partial charge on any atom is 0.435 e. The zero-order valence-corrected chi connectivity index (χ0v) is 16.7. The Morgan fingerprint density at radius 1 is 1.19 bits per heavy atom. The predicted octanol–water partition coefficient (Wildman–Crippen LogP) is 5.55. The molecule has 1 N–H and O–H groups in total. The number of nitro benzene ring substituents is 1. The first-order valence-electron chi connectivity index (χ1n) is 8.34. The molecular weight excluding hydrogens is 464 g/mol. The van der Waals surface area contributed by atoms with Gasteiger partial charge in [-0.3, -0.25) is 19.6 Å². The van der Waals surface area contributed by atoms with E-state index >= 15 is 0 Å². The molecule has 0 saturated heterocycles. The summed E-state index contributed by atoms with van der Waals surface area (Å²) >= 11 is 11.8. The van der Waals surface area contributed by atoms with Gasteiger partial charge in [-0.05, 0) is 24.3 Å². The maximum absolute atomic E-state index is 12.6. The molecule has 1 heterocycles. The van der Waals surface area contributed by atoms with E-state index in [2.05, 4.69) is 10.4 Å². The molecule has 3 rings (SSSR count). The standard InChI is InChI=1S/C18H11Cl2F3N4O4/c19-10-1-2-15(14(20)5-10)31-13-7-11(6-12(8-13)27(29)30)24-17(28)9-26-4-3-16(25-26)18(21,22)23/h1-8H,9H2,(H,24,28). The van der Waals surface area contributed by atoms with E-state index in [0.717, 1.165) is 29.1 Å². The van der Waals surface area contributed by atoms with Gasteiger partial charge in [0.25, 0.3) is 5.69 Å². The number of aromatic nitrogens is 2. The van der Waals surface area contributed by atoms with Crippen LogP contribution in [0.1, 0.15) is 5.69 Å². The summed E-state index contributed by atoms with van der Waals surface area (Å²) in [6.45, 7) is -0.544. The van der Waals surface area contributed by atoms with E-state index in [4.69, 9.17) is 27.9 Å². The second-order valence-electron chi connectivity index (χ2n) is 6.09. The van der Waals surface area contributed by atoms with E-state index in [1.54, 1.807) is 0 Å². The highest BCUT2D eigenvalue weighted by Gasteiger charge is 2.33. The Hall–Kier alpha value is -3.31. The molecule has 0 atom stereocenters. The summed E-state index contributed by atoms with van der Waals surface area (Å²) < 4.78 is 44.2. The summed E-state index contributed by atoms with van der Waals surface area (Å²) in [5.74, 6) is -0.597. The van der Waals surface area contributed by atoms with Crippen molar-refractivity contribution in [2.24, 2.45) is 0 Å². The van der Waals surface area contributed by atoms with Crippen LogP contribution >= 0.6 is 23.2 Å². The van der Waals surface area contributed by atoms with Crippen LogP contribution in [0.3, 0.4) is 0 Å². The maximum atomic E-state index is 12.6.